The van der Waals surface area contributed by atoms with Crippen molar-refractivity contribution in [3.05, 3.63) is 47.0 Å². The van der Waals surface area contributed by atoms with Gasteiger partial charge < -0.3 is 14.6 Å². The number of ether oxygens (including phenoxy) is 1. The van der Waals surface area contributed by atoms with Crippen LogP contribution in [0.2, 0.25) is 0 Å². The quantitative estimate of drug-likeness (QED) is 0.762. The SMILES string of the molecule is CN(C)C(=O)c1sc2ncccc2c1[C@@H]1CN(Cc2ncc[nH]2)CCO1. The first-order chi connectivity index (χ1) is 12.6. The predicted molar refractivity (Wildman–Crippen MR) is 100 cm³/mol. The van der Waals surface area contributed by atoms with E-state index in [1.54, 1.807) is 31.4 Å². The molecule has 7 nitrogen and oxygen atoms in total. The molecule has 8 heteroatoms. The minimum Gasteiger partial charge on any atom is -0.371 e. The Labute approximate surface area is 155 Å². The Balaban J connectivity index is 1.68. The standard InChI is InChI=1S/C18H21N5O2S/c1-22(2)18(24)16-15(12-4-3-5-21-17(12)26-16)13-10-23(8-9-25-13)11-14-19-6-7-20-14/h3-7,13H,8-11H2,1-2H3,(H,19,20)/t13-/m0/s1. The summed E-state index contributed by atoms with van der Waals surface area (Å²) in [5.41, 5.74) is 0.959. The lowest BCUT2D eigenvalue weighted by atomic mass is 10.0. The van der Waals surface area contributed by atoms with Gasteiger partial charge in [-0.3, -0.25) is 9.69 Å². The first-order valence-electron chi connectivity index (χ1n) is 8.54. The number of fused-ring (bicyclic) bond motifs is 1. The van der Waals surface area contributed by atoms with Gasteiger partial charge >= 0.3 is 0 Å². The van der Waals surface area contributed by atoms with Crippen molar-refractivity contribution in [3.63, 3.8) is 0 Å². The number of rotatable bonds is 4. The Morgan fingerprint density at radius 1 is 1.42 bits per heavy atom. The number of nitrogens with one attached hydrogen (secondary N) is 1. The summed E-state index contributed by atoms with van der Waals surface area (Å²) in [4.78, 5) is 30.1. The van der Waals surface area contributed by atoms with Crippen molar-refractivity contribution in [3.8, 4) is 0 Å². The number of hydrogen-bond acceptors (Lipinski definition) is 6. The lowest BCUT2D eigenvalue weighted by Crippen LogP contribution is -2.38. The summed E-state index contributed by atoms with van der Waals surface area (Å²) in [6, 6.07) is 3.93. The molecule has 1 atom stereocenters. The molecule has 0 unspecified atom stereocenters. The number of morpholine rings is 1. The highest BCUT2D eigenvalue weighted by Gasteiger charge is 2.30. The lowest BCUT2D eigenvalue weighted by Gasteiger charge is -2.33. The van der Waals surface area contributed by atoms with Gasteiger partial charge in [0, 0.05) is 56.7 Å². The van der Waals surface area contributed by atoms with Crippen LogP contribution in [0.15, 0.2) is 30.7 Å². The molecule has 3 aromatic heterocycles. The number of carbonyl (C=O) groups is 1. The molecule has 136 valence electrons. The second kappa shape index (κ2) is 7.14. The minimum atomic E-state index is -0.157. The van der Waals surface area contributed by atoms with Gasteiger partial charge in [-0.2, -0.15) is 0 Å². The van der Waals surface area contributed by atoms with Crippen LogP contribution in [0.25, 0.3) is 10.2 Å². The van der Waals surface area contributed by atoms with E-state index < -0.39 is 0 Å². The molecule has 0 aromatic carbocycles. The molecular formula is C18H21N5O2S. The molecule has 1 saturated heterocycles. The average molecular weight is 371 g/mol. The Hall–Kier alpha value is -2.29. The minimum absolute atomic E-state index is 0.00485. The van der Waals surface area contributed by atoms with Crippen LogP contribution in [0.5, 0.6) is 0 Å². The number of aromatic nitrogens is 3. The van der Waals surface area contributed by atoms with Crippen LogP contribution in [0.1, 0.15) is 27.2 Å². The van der Waals surface area contributed by atoms with E-state index in [4.69, 9.17) is 4.74 Å². The fourth-order valence-corrected chi connectivity index (χ4v) is 4.47. The van der Waals surface area contributed by atoms with Gasteiger partial charge in [-0.05, 0) is 6.07 Å². The summed E-state index contributed by atoms with van der Waals surface area (Å²) in [5.74, 6) is 0.932. The molecule has 1 aliphatic heterocycles. The van der Waals surface area contributed by atoms with E-state index >= 15 is 0 Å². The van der Waals surface area contributed by atoms with Crippen molar-refractivity contribution in [1.82, 2.24) is 24.8 Å². The van der Waals surface area contributed by atoms with Crippen molar-refractivity contribution in [1.29, 1.82) is 0 Å². The van der Waals surface area contributed by atoms with Crippen molar-refractivity contribution >= 4 is 27.5 Å². The maximum absolute atomic E-state index is 12.7. The highest BCUT2D eigenvalue weighted by atomic mass is 32.1. The molecule has 1 amide bonds. The first-order valence-corrected chi connectivity index (χ1v) is 9.36. The second-order valence-electron chi connectivity index (χ2n) is 6.53. The number of H-pyrrole nitrogens is 1. The summed E-state index contributed by atoms with van der Waals surface area (Å²) >= 11 is 1.44. The van der Waals surface area contributed by atoms with Gasteiger partial charge in [-0.15, -0.1) is 11.3 Å². The summed E-state index contributed by atoms with van der Waals surface area (Å²) in [7, 11) is 3.55. The Morgan fingerprint density at radius 2 is 2.31 bits per heavy atom. The zero-order valence-electron chi connectivity index (χ0n) is 14.8. The van der Waals surface area contributed by atoms with Crippen molar-refractivity contribution in [2.75, 3.05) is 33.8 Å². The summed E-state index contributed by atoms with van der Waals surface area (Å²) in [6.45, 7) is 2.92. The molecule has 0 aliphatic carbocycles. The highest BCUT2D eigenvalue weighted by molar-refractivity contribution is 7.20. The zero-order valence-corrected chi connectivity index (χ0v) is 15.6. The number of thiophene rings is 1. The monoisotopic (exact) mass is 371 g/mol. The Kier molecular flexibility index (Phi) is 4.71. The number of imidazole rings is 1. The maximum atomic E-state index is 12.7. The number of hydrogen-bond donors (Lipinski definition) is 1. The lowest BCUT2D eigenvalue weighted by molar-refractivity contribution is -0.0330. The number of amides is 1. The van der Waals surface area contributed by atoms with E-state index in [9.17, 15) is 4.79 Å². The van der Waals surface area contributed by atoms with E-state index in [1.807, 2.05) is 18.3 Å². The van der Waals surface area contributed by atoms with Gasteiger partial charge in [-0.25, -0.2) is 9.97 Å². The van der Waals surface area contributed by atoms with Gasteiger partial charge in [0.1, 0.15) is 15.5 Å². The van der Waals surface area contributed by atoms with Crippen LogP contribution < -0.4 is 0 Å². The van der Waals surface area contributed by atoms with Crippen LogP contribution in [0, 0.1) is 0 Å². The number of carbonyl (C=O) groups excluding carboxylic acids is 1. The Morgan fingerprint density at radius 3 is 3.08 bits per heavy atom. The second-order valence-corrected chi connectivity index (χ2v) is 7.53. The molecule has 0 bridgehead atoms. The van der Waals surface area contributed by atoms with Gasteiger partial charge in [0.15, 0.2) is 0 Å². The summed E-state index contributed by atoms with van der Waals surface area (Å²) in [6.07, 6.45) is 5.20. The molecule has 0 saturated carbocycles. The zero-order chi connectivity index (χ0) is 18.1. The smallest absolute Gasteiger partial charge is 0.263 e. The van der Waals surface area contributed by atoms with Crippen LogP contribution in [-0.2, 0) is 11.3 Å². The third kappa shape index (κ3) is 3.23. The number of nitrogens with zero attached hydrogens (tertiary/aromatic N) is 4. The molecule has 1 aliphatic rings. The first kappa shape index (κ1) is 17.1. The van der Waals surface area contributed by atoms with E-state index in [0.29, 0.717) is 11.5 Å². The van der Waals surface area contributed by atoms with Crippen LogP contribution >= 0.6 is 11.3 Å². The fourth-order valence-electron chi connectivity index (χ4n) is 3.25. The van der Waals surface area contributed by atoms with Crippen molar-refractivity contribution < 1.29 is 9.53 Å². The molecule has 0 radical (unpaired) electrons. The van der Waals surface area contributed by atoms with Gasteiger partial charge in [-0.1, -0.05) is 6.07 Å². The topological polar surface area (TPSA) is 74.4 Å². The van der Waals surface area contributed by atoms with E-state index in [-0.39, 0.29) is 12.0 Å². The van der Waals surface area contributed by atoms with E-state index in [0.717, 1.165) is 41.2 Å². The molecule has 3 aromatic rings. The van der Waals surface area contributed by atoms with E-state index in [1.165, 1.54) is 11.3 Å². The third-order valence-electron chi connectivity index (χ3n) is 4.51. The molecule has 4 rings (SSSR count). The van der Waals surface area contributed by atoms with Crippen LogP contribution in [0.4, 0.5) is 0 Å². The summed E-state index contributed by atoms with van der Waals surface area (Å²) in [5, 5.41) is 1.01. The Bertz CT molecular complexity index is 906. The predicted octanol–water partition coefficient (Wildman–Crippen LogP) is 2.29. The van der Waals surface area contributed by atoms with Crippen molar-refractivity contribution in [2.45, 2.75) is 12.6 Å². The average Bonchev–Trinajstić information content (AvgIpc) is 3.28. The molecule has 1 fully saturated rings. The normalized spacial score (nSPS) is 18.3. The van der Waals surface area contributed by atoms with Gasteiger partial charge in [0.05, 0.1) is 19.3 Å². The maximum Gasteiger partial charge on any atom is 0.263 e. The number of aromatic amines is 1. The molecule has 26 heavy (non-hydrogen) atoms. The fraction of sp³-hybridized carbons (Fsp3) is 0.389. The van der Waals surface area contributed by atoms with Crippen LogP contribution in [0.3, 0.4) is 0 Å². The molecule has 0 spiro atoms. The molecular weight excluding hydrogens is 350 g/mol. The molecule has 4 heterocycles. The summed E-state index contributed by atoms with van der Waals surface area (Å²) < 4.78 is 6.09. The van der Waals surface area contributed by atoms with Gasteiger partial charge in [0.25, 0.3) is 5.91 Å². The van der Waals surface area contributed by atoms with E-state index in [2.05, 4.69) is 19.9 Å². The molecule has 1 N–H and O–H groups in total. The van der Waals surface area contributed by atoms with Gasteiger partial charge in [0.2, 0.25) is 0 Å². The van der Waals surface area contributed by atoms with Crippen molar-refractivity contribution in [2.24, 2.45) is 0 Å². The number of pyridine rings is 1. The third-order valence-corrected chi connectivity index (χ3v) is 5.62. The van der Waals surface area contributed by atoms with Crippen LogP contribution in [-0.4, -0.2) is 64.5 Å². The largest absolute Gasteiger partial charge is 0.371 e. The highest BCUT2D eigenvalue weighted by Crippen LogP contribution is 2.37.